The summed E-state index contributed by atoms with van der Waals surface area (Å²) in [6, 6.07) is 0.0883. The molecule has 6 heteroatoms. The molecule has 0 bridgehead atoms. The standard InChI is InChI=1S/C9H14N4O2/c10-7-5-13(9(15)12-8(7)14)6-2-1-3-11-4-6/h5-6,11H,1-4,10H2,(H,12,14,15). The van der Waals surface area contributed by atoms with E-state index in [0.29, 0.717) is 0 Å². The Morgan fingerprint density at radius 3 is 2.93 bits per heavy atom. The molecule has 1 aromatic rings. The molecule has 0 saturated carbocycles. The van der Waals surface area contributed by atoms with Crippen molar-refractivity contribution < 1.29 is 0 Å². The van der Waals surface area contributed by atoms with Crippen LogP contribution in [0.25, 0.3) is 0 Å². The molecule has 0 amide bonds. The van der Waals surface area contributed by atoms with Gasteiger partial charge in [0, 0.05) is 12.7 Å². The molecule has 6 nitrogen and oxygen atoms in total. The minimum Gasteiger partial charge on any atom is -0.393 e. The van der Waals surface area contributed by atoms with Gasteiger partial charge < -0.3 is 11.1 Å². The van der Waals surface area contributed by atoms with E-state index in [1.54, 1.807) is 0 Å². The van der Waals surface area contributed by atoms with Crippen molar-refractivity contribution in [3.8, 4) is 0 Å². The van der Waals surface area contributed by atoms with Crippen LogP contribution >= 0.6 is 0 Å². The van der Waals surface area contributed by atoms with Gasteiger partial charge in [0.15, 0.2) is 0 Å². The van der Waals surface area contributed by atoms with E-state index >= 15 is 0 Å². The monoisotopic (exact) mass is 210 g/mol. The molecule has 0 radical (unpaired) electrons. The normalized spacial score (nSPS) is 21.5. The maximum absolute atomic E-state index is 11.5. The number of nitrogens with two attached hydrogens (primary N) is 1. The van der Waals surface area contributed by atoms with Crippen molar-refractivity contribution >= 4 is 5.69 Å². The molecular weight excluding hydrogens is 196 g/mol. The number of H-pyrrole nitrogens is 1. The molecule has 2 rings (SSSR count). The summed E-state index contributed by atoms with van der Waals surface area (Å²) in [7, 11) is 0. The quantitative estimate of drug-likeness (QED) is 0.556. The van der Waals surface area contributed by atoms with Crippen molar-refractivity contribution in [2.45, 2.75) is 18.9 Å². The molecule has 82 valence electrons. The van der Waals surface area contributed by atoms with Crippen LogP contribution in [0.4, 0.5) is 5.69 Å². The molecule has 0 aliphatic carbocycles. The Kier molecular flexibility index (Phi) is 2.59. The number of aromatic amines is 1. The van der Waals surface area contributed by atoms with Gasteiger partial charge in [-0.25, -0.2) is 4.79 Å². The van der Waals surface area contributed by atoms with Crippen LogP contribution in [0.5, 0.6) is 0 Å². The molecule has 1 unspecified atom stereocenters. The number of nitrogens with one attached hydrogen (secondary N) is 2. The molecule has 1 aliphatic heterocycles. The maximum Gasteiger partial charge on any atom is 0.328 e. The minimum absolute atomic E-state index is 0.0835. The predicted octanol–water partition coefficient (Wildman–Crippen LogP) is -0.957. The summed E-state index contributed by atoms with van der Waals surface area (Å²) in [6.45, 7) is 1.72. The Morgan fingerprint density at radius 1 is 1.47 bits per heavy atom. The van der Waals surface area contributed by atoms with Gasteiger partial charge in [-0.15, -0.1) is 0 Å². The zero-order valence-electron chi connectivity index (χ0n) is 8.32. The van der Waals surface area contributed by atoms with Gasteiger partial charge in [-0.3, -0.25) is 14.3 Å². The van der Waals surface area contributed by atoms with Crippen LogP contribution in [-0.4, -0.2) is 22.6 Å². The fourth-order valence-corrected chi connectivity index (χ4v) is 1.84. The van der Waals surface area contributed by atoms with E-state index in [0.717, 1.165) is 25.9 Å². The van der Waals surface area contributed by atoms with E-state index in [1.807, 2.05) is 0 Å². The minimum atomic E-state index is -0.514. The molecule has 1 saturated heterocycles. The Labute approximate surface area is 86.1 Å². The Bertz CT molecular complexity index is 456. The smallest absolute Gasteiger partial charge is 0.328 e. The average molecular weight is 210 g/mol. The van der Waals surface area contributed by atoms with Crippen molar-refractivity contribution in [3.05, 3.63) is 27.0 Å². The molecule has 1 fully saturated rings. The van der Waals surface area contributed by atoms with E-state index in [1.165, 1.54) is 10.8 Å². The number of aromatic nitrogens is 2. The lowest BCUT2D eigenvalue weighted by atomic mass is 10.1. The van der Waals surface area contributed by atoms with Crippen molar-refractivity contribution in [2.24, 2.45) is 0 Å². The lowest BCUT2D eigenvalue weighted by molar-refractivity contribution is 0.360. The van der Waals surface area contributed by atoms with Crippen molar-refractivity contribution in [1.29, 1.82) is 0 Å². The fourth-order valence-electron chi connectivity index (χ4n) is 1.84. The lowest BCUT2D eigenvalue weighted by Gasteiger charge is -2.24. The van der Waals surface area contributed by atoms with Crippen LogP contribution in [0.15, 0.2) is 15.8 Å². The molecular formula is C9H14N4O2. The summed E-state index contributed by atoms with van der Waals surface area (Å²) in [5, 5.41) is 3.20. The fraction of sp³-hybridized carbons (Fsp3) is 0.556. The zero-order chi connectivity index (χ0) is 10.8. The summed E-state index contributed by atoms with van der Waals surface area (Å²) >= 11 is 0. The van der Waals surface area contributed by atoms with Crippen LogP contribution in [0.2, 0.25) is 0 Å². The Balaban J connectivity index is 2.39. The van der Waals surface area contributed by atoms with E-state index in [2.05, 4.69) is 10.3 Å². The molecule has 1 atom stereocenters. The first-order valence-electron chi connectivity index (χ1n) is 5.00. The van der Waals surface area contributed by atoms with Gasteiger partial charge in [-0.2, -0.15) is 0 Å². The number of rotatable bonds is 1. The van der Waals surface area contributed by atoms with E-state index in [-0.39, 0.29) is 17.4 Å². The van der Waals surface area contributed by atoms with Gasteiger partial charge in [-0.1, -0.05) is 0 Å². The van der Waals surface area contributed by atoms with Gasteiger partial charge in [-0.05, 0) is 19.4 Å². The van der Waals surface area contributed by atoms with Crippen molar-refractivity contribution in [1.82, 2.24) is 14.9 Å². The van der Waals surface area contributed by atoms with Gasteiger partial charge in [0.2, 0.25) is 0 Å². The highest BCUT2D eigenvalue weighted by molar-refractivity contribution is 5.30. The first-order chi connectivity index (χ1) is 7.18. The molecule has 1 aromatic heterocycles. The van der Waals surface area contributed by atoms with E-state index in [9.17, 15) is 9.59 Å². The summed E-state index contributed by atoms with van der Waals surface area (Å²) in [4.78, 5) is 24.8. The number of hydrogen-bond acceptors (Lipinski definition) is 4. The highest BCUT2D eigenvalue weighted by Gasteiger charge is 2.16. The topological polar surface area (TPSA) is 92.9 Å². The second-order valence-corrected chi connectivity index (χ2v) is 3.75. The van der Waals surface area contributed by atoms with Crippen LogP contribution in [0, 0.1) is 0 Å². The number of piperidine rings is 1. The molecule has 1 aliphatic rings. The van der Waals surface area contributed by atoms with Crippen molar-refractivity contribution in [3.63, 3.8) is 0 Å². The second kappa shape index (κ2) is 3.90. The molecule has 0 aromatic carbocycles. The van der Waals surface area contributed by atoms with Crippen LogP contribution in [0.3, 0.4) is 0 Å². The number of nitrogens with zero attached hydrogens (tertiary/aromatic N) is 1. The Hall–Kier alpha value is -1.56. The summed E-state index contributed by atoms with van der Waals surface area (Å²) < 4.78 is 1.50. The molecule has 2 heterocycles. The van der Waals surface area contributed by atoms with Crippen LogP contribution in [0.1, 0.15) is 18.9 Å². The largest absolute Gasteiger partial charge is 0.393 e. The molecule has 0 spiro atoms. The maximum atomic E-state index is 11.5. The predicted molar refractivity (Wildman–Crippen MR) is 56.9 cm³/mol. The number of anilines is 1. The third-order valence-corrected chi connectivity index (χ3v) is 2.66. The van der Waals surface area contributed by atoms with Crippen LogP contribution in [-0.2, 0) is 0 Å². The summed E-state index contributed by atoms with van der Waals surface area (Å²) in [5.41, 5.74) is 4.66. The first kappa shape index (κ1) is 9.97. The zero-order valence-corrected chi connectivity index (χ0v) is 8.32. The number of hydrogen-bond donors (Lipinski definition) is 3. The van der Waals surface area contributed by atoms with E-state index in [4.69, 9.17) is 5.73 Å². The third-order valence-electron chi connectivity index (χ3n) is 2.66. The van der Waals surface area contributed by atoms with Gasteiger partial charge in [0.1, 0.15) is 5.69 Å². The molecule has 15 heavy (non-hydrogen) atoms. The summed E-state index contributed by atoms with van der Waals surface area (Å²) in [5.74, 6) is 0. The Morgan fingerprint density at radius 2 is 2.27 bits per heavy atom. The second-order valence-electron chi connectivity index (χ2n) is 3.75. The third kappa shape index (κ3) is 1.94. The number of nitrogen functional groups attached to an aromatic ring is 1. The van der Waals surface area contributed by atoms with Crippen LogP contribution < -0.4 is 22.3 Å². The average Bonchev–Trinajstić information content (AvgIpc) is 2.25. The van der Waals surface area contributed by atoms with Crippen molar-refractivity contribution in [2.75, 3.05) is 18.8 Å². The van der Waals surface area contributed by atoms with Gasteiger partial charge in [0.05, 0.1) is 6.04 Å². The highest BCUT2D eigenvalue weighted by Crippen LogP contribution is 2.13. The highest BCUT2D eigenvalue weighted by atomic mass is 16.2. The first-order valence-corrected chi connectivity index (χ1v) is 5.00. The van der Waals surface area contributed by atoms with Gasteiger partial charge in [0.25, 0.3) is 5.56 Å². The SMILES string of the molecule is Nc1cn(C2CCCNC2)c(=O)[nH]c1=O. The lowest BCUT2D eigenvalue weighted by Crippen LogP contribution is -2.39. The summed E-state index contributed by atoms with van der Waals surface area (Å²) in [6.07, 6.45) is 3.38. The van der Waals surface area contributed by atoms with Gasteiger partial charge >= 0.3 is 5.69 Å². The molecule has 4 N–H and O–H groups in total. The van der Waals surface area contributed by atoms with E-state index < -0.39 is 5.56 Å².